The number of rotatable bonds is 2. The second-order valence-electron chi connectivity index (χ2n) is 5.24. The predicted octanol–water partition coefficient (Wildman–Crippen LogP) is 2.43. The van der Waals surface area contributed by atoms with Gasteiger partial charge in [-0.2, -0.15) is 0 Å². The minimum Gasteiger partial charge on any atom is -0.324 e. The molecule has 104 valence electrons. The molecule has 0 aliphatic carbocycles. The van der Waals surface area contributed by atoms with E-state index in [1.165, 1.54) is 12.1 Å². The lowest BCUT2D eigenvalue weighted by molar-refractivity contribution is 0.163. The highest BCUT2D eigenvalue weighted by Crippen LogP contribution is 2.21. The number of hydrogen-bond acceptors (Lipinski definition) is 2. The summed E-state index contributed by atoms with van der Waals surface area (Å²) in [7, 11) is 1.95. The van der Waals surface area contributed by atoms with Crippen LogP contribution in [0.25, 0.3) is 0 Å². The fourth-order valence-corrected chi connectivity index (χ4v) is 2.22. The number of hydrogen-bond donors (Lipinski definition) is 2. The van der Waals surface area contributed by atoms with Crippen LogP contribution < -0.4 is 10.6 Å². The van der Waals surface area contributed by atoms with Crippen molar-refractivity contribution in [1.82, 2.24) is 10.2 Å². The van der Waals surface area contributed by atoms with Crippen molar-refractivity contribution in [3.63, 3.8) is 0 Å². The molecular formula is C14H20FN3O. The molecule has 4 nitrogen and oxygen atoms in total. The fourth-order valence-electron chi connectivity index (χ4n) is 2.22. The van der Waals surface area contributed by atoms with Crippen LogP contribution in [0.2, 0.25) is 0 Å². The van der Waals surface area contributed by atoms with E-state index in [0.29, 0.717) is 18.8 Å². The van der Waals surface area contributed by atoms with Gasteiger partial charge in [0.05, 0.1) is 0 Å². The fraction of sp³-hybridized carbons (Fsp3) is 0.500. The van der Waals surface area contributed by atoms with Crippen LogP contribution >= 0.6 is 0 Å². The van der Waals surface area contributed by atoms with E-state index in [1.54, 1.807) is 17.0 Å². The number of benzene rings is 1. The zero-order chi connectivity index (χ0) is 13.9. The first-order valence-electron chi connectivity index (χ1n) is 6.53. The molecule has 1 aromatic carbocycles. The number of anilines is 1. The molecule has 1 fully saturated rings. The van der Waals surface area contributed by atoms with Crippen LogP contribution in [0.4, 0.5) is 14.9 Å². The molecule has 1 aromatic rings. The Kier molecular flexibility index (Phi) is 4.04. The van der Waals surface area contributed by atoms with Crippen LogP contribution in [0.5, 0.6) is 0 Å². The third kappa shape index (κ3) is 3.44. The minimum atomic E-state index is -0.348. The summed E-state index contributed by atoms with van der Waals surface area (Å²) in [5.41, 5.74) is 0.599. The van der Waals surface area contributed by atoms with Crippen molar-refractivity contribution in [2.45, 2.75) is 25.3 Å². The summed E-state index contributed by atoms with van der Waals surface area (Å²) < 4.78 is 13.0. The van der Waals surface area contributed by atoms with Crippen LogP contribution in [0.3, 0.4) is 0 Å². The van der Waals surface area contributed by atoms with Gasteiger partial charge in [-0.25, -0.2) is 9.18 Å². The van der Waals surface area contributed by atoms with Crippen LogP contribution in [0.15, 0.2) is 24.3 Å². The monoisotopic (exact) mass is 265 g/mol. The van der Waals surface area contributed by atoms with E-state index in [1.807, 2.05) is 7.05 Å². The second-order valence-corrected chi connectivity index (χ2v) is 5.24. The highest BCUT2D eigenvalue weighted by Gasteiger charge is 2.30. The molecule has 0 atom stereocenters. The SMILES string of the molecule is CNC1(C)CCN(C(=O)Nc2cccc(F)c2)CC1. The molecule has 0 radical (unpaired) electrons. The van der Waals surface area contributed by atoms with Gasteiger partial charge in [0.1, 0.15) is 5.82 Å². The summed E-state index contributed by atoms with van der Waals surface area (Å²) in [6, 6.07) is 5.78. The molecular weight excluding hydrogens is 245 g/mol. The maximum Gasteiger partial charge on any atom is 0.321 e. The molecule has 0 aromatic heterocycles. The number of urea groups is 1. The predicted molar refractivity (Wildman–Crippen MR) is 73.7 cm³/mol. The molecule has 5 heteroatoms. The van der Waals surface area contributed by atoms with Crippen molar-refractivity contribution in [3.8, 4) is 0 Å². The Morgan fingerprint density at radius 3 is 2.63 bits per heavy atom. The van der Waals surface area contributed by atoms with Crippen LogP contribution in [0.1, 0.15) is 19.8 Å². The lowest BCUT2D eigenvalue weighted by Gasteiger charge is -2.39. The molecule has 1 aliphatic rings. The zero-order valence-electron chi connectivity index (χ0n) is 11.4. The van der Waals surface area contributed by atoms with Crippen LogP contribution in [0, 0.1) is 5.82 Å². The normalized spacial score (nSPS) is 18.2. The van der Waals surface area contributed by atoms with Gasteiger partial charge in [-0.3, -0.25) is 0 Å². The van der Waals surface area contributed by atoms with Crippen molar-refractivity contribution in [2.24, 2.45) is 0 Å². The van der Waals surface area contributed by atoms with Gasteiger partial charge < -0.3 is 15.5 Å². The Morgan fingerprint density at radius 2 is 2.05 bits per heavy atom. The first kappa shape index (κ1) is 13.8. The van der Waals surface area contributed by atoms with Gasteiger partial charge in [0.15, 0.2) is 0 Å². The van der Waals surface area contributed by atoms with Gasteiger partial charge in [0.25, 0.3) is 0 Å². The molecule has 2 rings (SSSR count). The molecule has 0 bridgehead atoms. The standard InChI is InChI=1S/C14H20FN3O/c1-14(16-2)6-8-18(9-7-14)13(19)17-12-5-3-4-11(15)10-12/h3-5,10,16H,6-9H2,1-2H3,(H,17,19). The Bertz CT molecular complexity index is 456. The number of nitrogens with one attached hydrogen (secondary N) is 2. The quantitative estimate of drug-likeness (QED) is 0.862. The summed E-state index contributed by atoms with van der Waals surface area (Å²) in [6.07, 6.45) is 1.83. The Labute approximate surface area is 113 Å². The average Bonchev–Trinajstić information content (AvgIpc) is 2.39. The molecule has 19 heavy (non-hydrogen) atoms. The van der Waals surface area contributed by atoms with Crippen molar-refractivity contribution < 1.29 is 9.18 Å². The smallest absolute Gasteiger partial charge is 0.321 e. The topological polar surface area (TPSA) is 44.4 Å². The summed E-state index contributed by atoms with van der Waals surface area (Å²) in [4.78, 5) is 13.8. The van der Waals surface area contributed by atoms with Gasteiger partial charge in [-0.05, 0) is 45.0 Å². The maximum atomic E-state index is 13.0. The Hall–Kier alpha value is -1.62. The van der Waals surface area contributed by atoms with Crippen LogP contribution in [-0.2, 0) is 0 Å². The van der Waals surface area contributed by atoms with Gasteiger partial charge >= 0.3 is 6.03 Å². The van der Waals surface area contributed by atoms with Crippen LogP contribution in [-0.4, -0.2) is 36.6 Å². The minimum absolute atomic E-state index is 0.107. The maximum absolute atomic E-state index is 13.0. The summed E-state index contributed by atoms with van der Waals surface area (Å²) in [6.45, 7) is 3.58. The molecule has 0 spiro atoms. The molecule has 1 saturated heterocycles. The van der Waals surface area contributed by atoms with Crippen molar-refractivity contribution >= 4 is 11.7 Å². The van der Waals surface area contributed by atoms with Gasteiger partial charge in [-0.15, -0.1) is 0 Å². The third-order valence-corrected chi connectivity index (χ3v) is 3.83. The number of carbonyl (C=O) groups excluding carboxylic acids is 1. The number of amides is 2. The Morgan fingerprint density at radius 1 is 1.37 bits per heavy atom. The van der Waals surface area contributed by atoms with Crippen molar-refractivity contribution in [1.29, 1.82) is 0 Å². The second kappa shape index (κ2) is 5.57. The molecule has 2 amide bonds. The number of carbonyl (C=O) groups is 1. The molecule has 0 saturated carbocycles. The largest absolute Gasteiger partial charge is 0.324 e. The number of likely N-dealkylation sites (tertiary alicyclic amines) is 1. The summed E-state index contributed by atoms with van der Waals surface area (Å²) in [5, 5.41) is 6.01. The van der Waals surface area contributed by atoms with Crippen molar-refractivity contribution in [3.05, 3.63) is 30.1 Å². The lowest BCUT2D eigenvalue weighted by atomic mass is 9.90. The number of piperidine rings is 1. The summed E-state index contributed by atoms with van der Waals surface area (Å²) in [5.74, 6) is -0.348. The highest BCUT2D eigenvalue weighted by molar-refractivity contribution is 5.89. The first-order valence-corrected chi connectivity index (χ1v) is 6.53. The van der Waals surface area contributed by atoms with E-state index < -0.39 is 0 Å². The zero-order valence-corrected chi connectivity index (χ0v) is 11.4. The van der Waals surface area contributed by atoms with E-state index in [9.17, 15) is 9.18 Å². The third-order valence-electron chi connectivity index (χ3n) is 3.83. The molecule has 2 N–H and O–H groups in total. The molecule has 1 heterocycles. The number of halogens is 1. The lowest BCUT2D eigenvalue weighted by Crippen LogP contribution is -2.52. The van der Waals surface area contributed by atoms with Gasteiger partial charge in [-0.1, -0.05) is 6.07 Å². The van der Waals surface area contributed by atoms with E-state index in [4.69, 9.17) is 0 Å². The highest BCUT2D eigenvalue weighted by atomic mass is 19.1. The molecule has 1 aliphatic heterocycles. The molecule has 0 unspecified atom stereocenters. The van der Waals surface area contributed by atoms with Crippen molar-refractivity contribution in [2.75, 3.05) is 25.5 Å². The Balaban J connectivity index is 1.92. The van der Waals surface area contributed by atoms with Gasteiger partial charge in [0.2, 0.25) is 0 Å². The first-order chi connectivity index (χ1) is 9.02. The van der Waals surface area contributed by atoms with E-state index in [0.717, 1.165) is 12.8 Å². The van der Waals surface area contributed by atoms with E-state index in [-0.39, 0.29) is 17.4 Å². The van der Waals surface area contributed by atoms with Gasteiger partial charge in [0, 0.05) is 24.3 Å². The number of nitrogens with zero attached hydrogens (tertiary/aromatic N) is 1. The van der Waals surface area contributed by atoms with E-state index in [2.05, 4.69) is 17.6 Å². The summed E-state index contributed by atoms with van der Waals surface area (Å²) >= 11 is 0. The average molecular weight is 265 g/mol. The van der Waals surface area contributed by atoms with E-state index >= 15 is 0 Å².